The third-order valence-corrected chi connectivity index (χ3v) is 6.44. The number of benzene rings is 1. The number of hydrogen-bond acceptors (Lipinski definition) is 2. The van der Waals surface area contributed by atoms with E-state index in [4.69, 9.17) is 4.74 Å². The van der Waals surface area contributed by atoms with Crippen LogP contribution < -0.4 is 10.6 Å². The zero-order chi connectivity index (χ0) is 18.3. The zero-order valence-electron chi connectivity index (χ0n) is 15.8. The number of guanidine groups is 1. The molecule has 2 N–H and O–H groups in total. The summed E-state index contributed by atoms with van der Waals surface area (Å²) in [6.07, 6.45) is 5.19. The lowest BCUT2D eigenvalue weighted by atomic mass is 9.46. The lowest BCUT2D eigenvalue weighted by Crippen LogP contribution is -2.72. The van der Waals surface area contributed by atoms with Gasteiger partial charge in [-0.1, -0.05) is 12.5 Å². The summed E-state index contributed by atoms with van der Waals surface area (Å²) in [7, 11) is 0. The van der Waals surface area contributed by atoms with E-state index in [-0.39, 0.29) is 35.4 Å². The molecule has 1 aromatic carbocycles. The van der Waals surface area contributed by atoms with Crippen LogP contribution in [0, 0.1) is 23.0 Å². The second kappa shape index (κ2) is 8.19. The first kappa shape index (κ1) is 20.8. The molecule has 1 aliphatic heterocycles. The largest absolute Gasteiger partial charge is 0.377 e. The van der Waals surface area contributed by atoms with Crippen LogP contribution in [-0.4, -0.2) is 31.3 Å². The van der Waals surface area contributed by atoms with Crippen LogP contribution >= 0.6 is 24.0 Å². The molecular weight excluding hydrogens is 463 g/mol. The van der Waals surface area contributed by atoms with Crippen molar-refractivity contribution in [2.45, 2.75) is 57.7 Å². The Morgan fingerprint density at radius 2 is 2.11 bits per heavy atom. The Morgan fingerprint density at radius 1 is 1.33 bits per heavy atom. The van der Waals surface area contributed by atoms with E-state index in [9.17, 15) is 8.78 Å². The minimum atomic E-state index is -0.824. The van der Waals surface area contributed by atoms with E-state index in [0.29, 0.717) is 30.2 Å². The van der Waals surface area contributed by atoms with Crippen molar-refractivity contribution in [3.63, 3.8) is 0 Å². The predicted octanol–water partition coefficient (Wildman–Crippen LogP) is 4.16. The lowest BCUT2D eigenvalue weighted by molar-refractivity contribution is -0.171. The summed E-state index contributed by atoms with van der Waals surface area (Å²) in [4.78, 5) is 4.58. The highest BCUT2D eigenvalue weighted by atomic mass is 127. The highest BCUT2D eigenvalue weighted by Gasteiger charge is 2.66. The molecule has 0 aromatic heterocycles. The summed E-state index contributed by atoms with van der Waals surface area (Å²) < 4.78 is 32.7. The van der Waals surface area contributed by atoms with Gasteiger partial charge in [0.25, 0.3) is 0 Å². The molecule has 150 valence electrons. The summed E-state index contributed by atoms with van der Waals surface area (Å²) in [5.41, 5.74) is 0.964. The normalized spacial score (nSPS) is 29.2. The molecule has 4 nitrogen and oxygen atoms in total. The fourth-order valence-corrected chi connectivity index (χ4v) is 4.96. The first-order valence-electron chi connectivity index (χ1n) is 9.69. The average molecular weight is 491 g/mol. The number of ether oxygens (including phenoxy) is 1. The van der Waals surface area contributed by atoms with Gasteiger partial charge in [-0.25, -0.2) is 8.78 Å². The van der Waals surface area contributed by atoms with Gasteiger partial charge in [-0.05, 0) is 50.8 Å². The van der Waals surface area contributed by atoms with Gasteiger partial charge in [0.1, 0.15) is 0 Å². The number of aliphatic imine (C=N–C) groups is 1. The molecule has 0 amide bonds. The van der Waals surface area contributed by atoms with Crippen molar-refractivity contribution in [3.8, 4) is 0 Å². The maximum atomic E-state index is 13.5. The molecule has 4 rings (SSSR count). The standard InChI is InChI=1S/C20H27F2N3O.HI/c1-3-23-19(24-12(2)13-5-6-15(21)16(22)11-13)25-17-14-7-10-26-18(14)20(17)8-4-9-20;/h5-6,11-12,14,17-18H,3-4,7-10H2,1-2H3,(H2,23,24,25);1H. The van der Waals surface area contributed by atoms with Crippen LogP contribution in [0.25, 0.3) is 0 Å². The molecule has 1 aromatic rings. The third kappa shape index (κ3) is 3.57. The summed E-state index contributed by atoms with van der Waals surface area (Å²) >= 11 is 0. The first-order valence-corrected chi connectivity index (χ1v) is 9.69. The van der Waals surface area contributed by atoms with E-state index < -0.39 is 11.6 Å². The van der Waals surface area contributed by atoms with Gasteiger partial charge < -0.3 is 15.4 Å². The van der Waals surface area contributed by atoms with E-state index in [0.717, 1.165) is 19.0 Å². The molecule has 3 aliphatic rings. The van der Waals surface area contributed by atoms with Crippen LogP contribution in [0.4, 0.5) is 8.78 Å². The Hall–Kier alpha value is -0.960. The smallest absolute Gasteiger partial charge is 0.191 e. The SMILES string of the molecule is CCN=C(NC(C)c1ccc(F)c(F)c1)NC1C2CCOC2C12CCC2.I. The van der Waals surface area contributed by atoms with Gasteiger partial charge in [-0.15, -0.1) is 24.0 Å². The van der Waals surface area contributed by atoms with Crippen LogP contribution in [0.5, 0.6) is 0 Å². The minimum Gasteiger partial charge on any atom is -0.377 e. The summed E-state index contributed by atoms with van der Waals surface area (Å²) in [5.74, 6) is -0.351. The van der Waals surface area contributed by atoms with Crippen LogP contribution in [-0.2, 0) is 4.74 Å². The number of hydrogen-bond donors (Lipinski definition) is 2. The van der Waals surface area contributed by atoms with Crippen molar-refractivity contribution in [1.29, 1.82) is 0 Å². The van der Waals surface area contributed by atoms with Crippen molar-refractivity contribution < 1.29 is 13.5 Å². The molecule has 1 saturated heterocycles. The molecule has 27 heavy (non-hydrogen) atoms. The molecule has 4 atom stereocenters. The summed E-state index contributed by atoms with van der Waals surface area (Å²) in [6, 6.07) is 4.24. The van der Waals surface area contributed by atoms with Crippen LogP contribution in [0.1, 0.15) is 51.1 Å². The second-order valence-electron chi connectivity index (χ2n) is 7.82. The molecule has 0 bridgehead atoms. The summed E-state index contributed by atoms with van der Waals surface area (Å²) in [5, 5.41) is 6.99. The van der Waals surface area contributed by atoms with Crippen molar-refractivity contribution in [2.24, 2.45) is 16.3 Å². The van der Waals surface area contributed by atoms with Crippen LogP contribution in [0.2, 0.25) is 0 Å². The van der Waals surface area contributed by atoms with Crippen LogP contribution in [0.3, 0.4) is 0 Å². The highest BCUT2D eigenvalue weighted by molar-refractivity contribution is 14.0. The molecule has 7 heteroatoms. The fraction of sp³-hybridized carbons (Fsp3) is 0.650. The van der Waals surface area contributed by atoms with Crippen molar-refractivity contribution in [3.05, 3.63) is 35.4 Å². The molecular formula is C20H28F2IN3O. The molecule has 0 radical (unpaired) electrons. The van der Waals surface area contributed by atoms with Gasteiger partial charge in [0.15, 0.2) is 17.6 Å². The van der Waals surface area contributed by atoms with Crippen molar-refractivity contribution >= 4 is 29.9 Å². The Balaban J connectivity index is 0.00000210. The first-order chi connectivity index (χ1) is 12.5. The number of nitrogens with zero attached hydrogens (tertiary/aromatic N) is 1. The van der Waals surface area contributed by atoms with Crippen LogP contribution in [0.15, 0.2) is 23.2 Å². The Labute approximate surface area is 176 Å². The second-order valence-corrected chi connectivity index (χ2v) is 7.82. The fourth-order valence-electron chi connectivity index (χ4n) is 4.96. The number of rotatable bonds is 4. The number of nitrogens with one attached hydrogen (secondary N) is 2. The van der Waals surface area contributed by atoms with Gasteiger partial charge in [0.05, 0.1) is 12.1 Å². The highest BCUT2D eigenvalue weighted by Crippen LogP contribution is 2.62. The molecule has 1 heterocycles. The molecule has 1 spiro atoms. The quantitative estimate of drug-likeness (QED) is 0.378. The van der Waals surface area contributed by atoms with E-state index >= 15 is 0 Å². The van der Waals surface area contributed by atoms with Gasteiger partial charge in [-0.2, -0.15) is 0 Å². The minimum absolute atomic E-state index is 0. The maximum absolute atomic E-state index is 13.5. The third-order valence-electron chi connectivity index (χ3n) is 6.44. The van der Waals surface area contributed by atoms with Crippen molar-refractivity contribution in [2.75, 3.05) is 13.2 Å². The van der Waals surface area contributed by atoms with E-state index in [1.165, 1.54) is 31.4 Å². The van der Waals surface area contributed by atoms with Gasteiger partial charge in [-0.3, -0.25) is 4.99 Å². The van der Waals surface area contributed by atoms with Gasteiger partial charge in [0.2, 0.25) is 0 Å². The van der Waals surface area contributed by atoms with E-state index in [1.54, 1.807) is 6.07 Å². The zero-order valence-corrected chi connectivity index (χ0v) is 18.1. The summed E-state index contributed by atoms with van der Waals surface area (Å²) in [6.45, 7) is 5.44. The van der Waals surface area contributed by atoms with E-state index in [1.807, 2.05) is 13.8 Å². The average Bonchev–Trinajstić information content (AvgIpc) is 2.99. The Morgan fingerprint density at radius 3 is 2.74 bits per heavy atom. The predicted molar refractivity (Wildman–Crippen MR) is 112 cm³/mol. The van der Waals surface area contributed by atoms with Crippen molar-refractivity contribution in [1.82, 2.24) is 10.6 Å². The maximum Gasteiger partial charge on any atom is 0.191 e. The molecule has 2 aliphatic carbocycles. The molecule has 3 fully saturated rings. The van der Waals surface area contributed by atoms with Gasteiger partial charge >= 0.3 is 0 Å². The monoisotopic (exact) mass is 491 g/mol. The Kier molecular flexibility index (Phi) is 6.30. The van der Waals surface area contributed by atoms with E-state index in [2.05, 4.69) is 15.6 Å². The molecule has 4 unspecified atom stereocenters. The Bertz CT molecular complexity index is 710. The number of fused-ring (bicyclic) bond motifs is 2. The number of halogens is 3. The lowest BCUT2D eigenvalue weighted by Gasteiger charge is -2.63. The molecule has 2 saturated carbocycles. The topological polar surface area (TPSA) is 45.7 Å². The van der Waals surface area contributed by atoms with Gasteiger partial charge in [0, 0.05) is 30.5 Å².